The standard InChI is InChI=1S/C9H7ClN2Se/c10-7-3-1-6(2-4-7)8-5-13-9(11)12-8/h1-5H,(H2,11,12). The van der Waals surface area contributed by atoms with Gasteiger partial charge in [-0.15, -0.1) is 0 Å². The monoisotopic (exact) mass is 258 g/mol. The molecule has 13 heavy (non-hydrogen) atoms. The van der Waals surface area contributed by atoms with Gasteiger partial charge in [-0.05, 0) is 0 Å². The Hall–Kier alpha value is -0.761. The van der Waals surface area contributed by atoms with Gasteiger partial charge in [0.25, 0.3) is 0 Å². The van der Waals surface area contributed by atoms with Gasteiger partial charge >= 0.3 is 87.0 Å². The third-order valence-corrected chi connectivity index (χ3v) is 3.33. The van der Waals surface area contributed by atoms with Crippen LogP contribution in [-0.2, 0) is 0 Å². The molecule has 0 aliphatic rings. The first-order chi connectivity index (χ1) is 6.25. The fourth-order valence-corrected chi connectivity index (χ4v) is 2.37. The minimum atomic E-state index is 0.231. The van der Waals surface area contributed by atoms with E-state index < -0.39 is 0 Å². The van der Waals surface area contributed by atoms with Gasteiger partial charge < -0.3 is 0 Å². The van der Waals surface area contributed by atoms with Crippen molar-refractivity contribution in [3.05, 3.63) is 34.2 Å². The van der Waals surface area contributed by atoms with Gasteiger partial charge in [-0.25, -0.2) is 0 Å². The Morgan fingerprint density at radius 2 is 1.92 bits per heavy atom. The normalized spacial score (nSPS) is 10.2. The van der Waals surface area contributed by atoms with E-state index in [9.17, 15) is 0 Å². The van der Waals surface area contributed by atoms with Crippen molar-refractivity contribution in [1.29, 1.82) is 0 Å². The average molecular weight is 258 g/mol. The van der Waals surface area contributed by atoms with Crippen LogP contribution in [0.15, 0.2) is 29.2 Å². The number of halogens is 1. The number of aromatic nitrogens is 1. The first-order valence-electron chi connectivity index (χ1n) is 3.72. The Kier molecular flexibility index (Phi) is 2.40. The van der Waals surface area contributed by atoms with E-state index in [2.05, 4.69) is 9.92 Å². The summed E-state index contributed by atoms with van der Waals surface area (Å²) < 4.78 is 0.734. The molecule has 2 rings (SSSR count). The quantitative estimate of drug-likeness (QED) is 0.794. The summed E-state index contributed by atoms with van der Waals surface area (Å²) in [5.41, 5.74) is 7.63. The van der Waals surface area contributed by atoms with Gasteiger partial charge in [-0.2, -0.15) is 0 Å². The molecule has 1 aromatic heterocycles. The first-order valence-corrected chi connectivity index (χ1v) is 5.95. The van der Waals surface area contributed by atoms with Crippen molar-refractivity contribution in [2.45, 2.75) is 0 Å². The molecule has 0 atom stereocenters. The minimum absolute atomic E-state index is 0.231. The van der Waals surface area contributed by atoms with E-state index in [4.69, 9.17) is 17.3 Å². The Bertz CT molecular complexity index is 408. The third-order valence-electron chi connectivity index (χ3n) is 1.66. The molecule has 0 aliphatic carbocycles. The Labute approximate surface area is 87.1 Å². The molecular weight excluding hydrogens is 251 g/mol. The molecule has 0 aliphatic heterocycles. The Balaban J connectivity index is 2.41. The molecule has 2 aromatic rings. The van der Waals surface area contributed by atoms with Gasteiger partial charge in [0.1, 0.15) is 0 Å². The van der Waals surface area contributed by atoms with Gasteiger partial charge in [0, 0.05) is 0 Å². The van der Waals surface area contributed by atoms with E-state index in [1.165, 1.54) is 0 Å². The van der Waals surface area contributed by atoms with Crippen LogP contribution in [0.3, 0.4) is 0 Å². The molecule has 4 heteroatoms. The molecule has 0 amide bonds. The zero-order valence-corrected chi connectivity index (χ0v) is 9.17. The predicted octanol–water partition coefficient (Wildman–Crippen LogP) is 2.04. The van der Waals surface area contributed by atoms with E-state index in [1.807, 2.05) is 24.3 Å². The molecule has 1 aromatic carbocycles. The summed E-state index contributed by atoms with van der Waals surface area (Å²) in [5.74, 6) is 0. The Morgan fingerprint density at radius 3 is 2.46 bits per heavy atom. The Morgan fingerprint density at radius 1 is 1.23 bits per heavy atom. The molecule has 2 N–H and O–H groups in total. The number of nitrogens with zero attached hydrogens (tertiary/aromatic N) is 1. The van der Waals surface area contributed by atoms with E-state index in [0.717, 1.165) is 21.0 Å². The van der Waals surface area contributed by atoms with Crippen LogP contribution >= 0.6 is 11.6 Å². The zero-order valence-electron chi connectivity index (χ0n) is 6.70. The van der Waals surface area contributed by atoms with Gasteiger partial charge in [0.05, 0.1) is 0 Å². The molecule has 66 valence electrons. The van der Waals surface area contributed by atoms with Crippen LogP contribution < -0.4 is 5.73 Å². The molecular formula is C9H7ClN2Se. The number of nitrogen functional groups attached to an aromatic ring is 1. The van der Waals surface area contributed by atoms with Crippen LogP contribution in [0.25, 0.3) is 11.3 Å². The zero-order chi connectivity index (χ0) is 9.26. The summed E-state index contributed by atoms with van der Waals surface area (Å²) in [6, 6.07) is 7.61. The SMILES string of the molecule is Nc1nc(-c2ccc(Cl)cc2)c[se]1. The summed E-state index contributed by atoms with van der Waals surface area (Å²) in [7, 11) is 0. The molecule has 0 saturated carbocycles. The summed E-state index contributed by atoms with van der Waals surface area (Å²) >= 11 is 6.00. The number of hydrogen-bond acceptors (Lipinski definition) is 2. The number of benzene rings is 1. The third kappa shape index (κ3) is 1.94. The topological polar surface area (TPSA) is 38.9 Å². The summed E-state index contributed by atoms with van der Waals surface area (Å²) in [4.78, 5) is 6.30. The molecule has 0 bridgehead atoms. The van der Waals surface area contributed by atoms with Crippen molar-refractivity contribution in [1.82, 2.24) is 4.98 Å². The van der Waals surface area contributed by atoms with Crippen LogP contribution in [0.5, 0.6) is 0 Å². The maximum atomic E-state index is 5.77. The molecule has 0 saturated heterocycles. The second-order valence-electron chi connectivity index (χ2n) is 2.58. The second kappa shape index (κ2) is 3.54. The van der Waals surface area contributed by atoms with Crippen molar-refractivity contribution >= 4 is 30.8 Å². The van der Waals surface area contributed by atoms with Crippen LogP contribution in [0.2, 0.25) is 5.02 Å². The van der Waals surface area contributed by atoms with E-state index >= 15 is 0 Å². The van der Waals surface area contributed by atoms with Gasteiger partial charge in [-0.3, -0.25) is 0 Å². The van der Waals surface area contributed by atoms with Crippen molar-refractivity contribution < 1.29 is 0 Å². The van der Waals surface area contributed by atoms with Crippen LogP contribution in [0.1, 0.15) is 0 Å². The van der Waals surface area contributed by atoms with Gasteiger partial charge in [0.15, 0.2) is 0 Å². The van der Waals surface area contributed by atoms with Crippen molar-refractivity contribution in [3.8, 4) is 11.3 Å². The molecule has 0 spiro atoms. The molecule has 2 nitrogen and oxygen atoms in total. The van der Waals surface area contributed by atoms with E-state index in [1.54, 1.807) is 0 Å². The van der Waals surface area contributed by atoms with Gasteiger partial charge in [0.2, 0.25) is 0 Å². The summed E-state index contributed by atoms with van der Waals surface area (Å²) in [5, 5.41) is 0.741. The van der Waals surface area contributed by atoms with Crippen LogP contribution in [0, 0.1) is 0 Å². The second-order valence-corrected chi connectivity index (χ2v) is 4.88. The van der Waals surface area contributed by atoms with Gasteiger partial charge in [-0.1, -0.05) is 0 Å². The molecule has 0 unspecified atom stereocenters. The summed E-state index contributed by atoms with van der Waals surface area (Å²) in [6.45, 7) is 0. The fourth-order valence-electron chi connectivity index (χ4n) is 1.04. The van der Waals surface area contributed by atoms with Crippen molar-refractivity contribution in [2.24, 2.45) is 0 Å². The number of hydrogen-bond donors (Lipinski definition) is 1. The molecule has 1 heterocycles. The summed E-state index contributed by atoms with van der Waals surface area (Å²) in [6.07, 6.45) is 0. The van der Waals surface area contributed by atoms with E-state index in [-0.39, 0.29) is 14.5 Å². The average Bonchev–Trinajstić information content (AvgIpc) is 2.53. The molecule has 0 fully saturated rings. The van der Waals surface area contributed by atoms with Crippen molar-refractivity contribution in [2.75, 3.05) is 5.73 Å². The van der Waals surface area contributed by atoms with Crippen LogP contribution in [0.4, 0.5) is 4.69 Å². The fraction of sp³-hybridized carbons (Fsp3) is 0. The number of anilines is 1. The van der Waals surface area contributed by atoms with Crippen molar-refractivity contribution in [3.63, 3.8) is 0 Å². The maximum absolute atomic E-state index is 5.77. The van der Waals surface area contributed by atoms with Crippen LogP contribution in [-0.4, -0.2) is 19.5 Å². The number of nitrogens with two attached hydrogens (primary N) is 1. The molecule has 0 radical (unpaired) electrons. The number of rotatable bonds is 1. The first kappa shape index (κ1) is 8.82. The van der Waals surface area contributed by atoms with E-state index in [0.29, 0.717) is 0 Å². The predicted molar refractivity (Wildman–Crippen MR) is 56.0 cm³/mol.